The molecule has 0 saturated heterocycles. The maximum Gasteiger partial charge on any atom is 0.0566 e. The molecule has 2 aromatic carbocycles. The number of hydrogen-bond acceptors (Lipinski definition) is 0. The van der Waals surface area contributed by atoms with Gasteiger partial charge in [-0.05, 0) is 41.9 Å². The van der Waals surface area contributed by atoms with Crippen LogP contribution in [0.1, 0.15) is 49.4 Å². The highest BCUT2D eigenvalue weighted by molar-refractivity contribution is 5.88. The quantitative estimate of drug-likeness (QED) is 0.501. The number of hydrogen-bond donors (Lipinski definition) is 0. The minimum atomic E-state index is 0.0236. The van der Waals surface area contributed by atoms with E-state index in [4.69, 9.17) is 0 Å². The van der Waals surface area contributed by atoms with Crippen molar-refractivity contribution in [2.24, 2.45) is 18.9 Å². The Bertz CT molecular complexity index is 988. The molecule has 2 unspecified atom stereocenters. The molecule has 3 aromatic rings. The zero-order valence-electron chi connectivity index (χ0n) is 15.9. The van der Waals surface area contributed by atoms with E-state index in [-0.39, 0.29) is 5.41 Å². The number of fused-ring (bicyclic) bond motifs is 3. The molecule has 2 aliphatic rings. The largest absolute Gasteiger partial charge is 0.346 e. The lowest BCUT2D eigenvalue weighted by atomic mass is 9.65. The number of nitrogens with zero attached hydrogens (tertiary/aromatic N) is 1. The molecule has 1 fully saturated rings. The van der Waals surface area contributed by atoms with Crippen LogP contribution in [-0.2, 0) is 12.5 Å². The molecule has 1 heterocycles. The van der Waals surface area contributed by atoms with Crippen LogP contribution < -0.4 is 0 Å². The summed E-state index contributed by atoms with van der Waals surface area (Å²) in [6, 6.07) is 20.2. The van der Waals surface area contributed by atoms with Crippen molar-refractivity contribution in [3.63, 3.8) is 0 Å². The Kier molecular flexibility index (Phi) is 3.44. The second-order valence-electron chi connectivity index (χ2n) is 8.48. The predicted molar refractivity (Wildman–Crippen MR) is 110 cm³/mol. The monoisotopic (exact) mass is 341 g/mol. The van der Waals surface area contributed by atoms with Crippen LogP contribution in [0.5, 0.6) is 0 Å². The van der Waals surface area contributed by atoms with Crippen LogP contribution in [0.3, 0.4) is 0 Å². The van der Waals surface area contributed by atoms with E-state index in [0.29, 0.717) is 11.8 Å². The van der Waals surface area contributed by atoms with E-state index in [0.717, 1.165) is 5.92 Å². The SMILES string of the molecule is CC(C)C1C=CC(c2ccccc2)(C2CC2)c2c1c1ccccc1n2C. The van der Waals surface area contributed by atoms with Gasteiger partial charge >= 0.3 is 0 Å². The Morgan fingerprint density at radius 2 is 1.65 bits per heavy atom. The van der Waals surface area contributed by atoms with Gasteiger partial charge in [0.1, 0.15) is 0 Å². The minimum absolute atomic E-state index is 0.0236. The third-order valence-corrected chi connectivity index (χ3v) is 6.63. The van der Waals surface area contributed by atoms with Gasteiger partial charge in [0.25, 0.3) is 0 Å². The normalized spacial score (nSPS) is 25.0. The lowest BCUT2D eigenvalue weighted by Gasteiger charge is -2.39. The Labute approximate surface area is 156 Å². The number of para-hydroxylation sites is 1. The summed E-state index contributed by atoms with van der Waals surface area (Å²) in [4.78, 5) is 0. The first-order valence-electron chi connectivity index (χ1n) is 9.97. The highest BCUT2D eigenvalue weighted by Gasteiger charge is 2.51. The highest BCUT2D eigenvalue weighted by atomic mass is 15.0. The van der Waals surface area contributed by atoms with E-state index in [1.165, 1.54) is 35.0 Å². The molecule has 132 valence electrons. The number of rotatable bonds is 3. The third kappa shape index (κ3) is 2.03. The molecular weight excluding hydrogens is 314 g/mol. The summed E-state index contributed by atoms with van der Waals surface area (Å²) in [5.74, 6) is 1.81. The van der Waals surface area contributed by atoms with Gasteiger partial charge in [0.15, 0.2) is 0 Å². The van der Waals surface area contributed by atoms with Gasteiger partial charge in [0, 0.05) is 29.6 Å². The molecule has 0 bridgehead atoms. The molecule has 0 radical (unpaired) electrons. The van der Waals surface area contributed by atoms with Crippen LogP contribution in [0.4, 0.5) is 0 Å². The Morgan fingerprint density at radius 3 is 2.35 bits per heavy atom. The summed E-state index contributed by atoms with van der Waals surface area (Å²) in [5, 5.41) is 1.44. The van der Waals surface area contributed by atoms with E-state index in [2.05, 4.69) is 92.2 Å². The standard InChI is InChI=1S/C25H27N/c1-17(2)20-15-16-25(19-13-14-19,18-9-5-4-6-10-18)24-23(20)21-11-7-8-12-22(21)26(24)3/h4-12,15-17,19-20H,13-14H2,1-3H3. The summed E-state index contributed by atoms with van der Waals surface area (Å²) in [7, 11) is 2.28. The van der Waals surface area contributed by atoms with Gasteiger partial charge in [0.2, 0.25) is 0 Å². The molecule has 1 saturated carbocycles. The first kappa shape index (κ1) is 15.9. The zero-order chi connectivity index (χ0) is 17.9. The average molecular weight is 341 g/mol. The van der Waals surface area contributed by atoms with Gasteiger partial charge in [0.05, 0.1) is 5.41 Å². The van der Waals surface area contributed by atoms with Crippen LogP contribution in [0.15, 0.2) is 66.7 Å². The molecule has 0 spiro atoms. The highest BCUT2D eigenvalue weighted by Crippen LogP contribution is 2.58. The first-order valence-corrected chi connectivity index (χ1v) is 9.97. The third-order valence-electron chi connectivity index (χ3n) is 6.63. The van der Waals surface area contributed by atoms with Crippen molar-refractivity contribution in [1.29, 1.82) is 0 Å². The molecule has 0 N–H and O–H groups in total. The Morgan fingerprint density at radius 1 is 0.962 bits per heavy atom. The zero-order valence-corrected chi connectivity index (χ0v) is 15.9. The molecule has 2 aliphatic carbocycles. The van der Waals surface area contributed by atoms with Crippen molar-refractivity contribution in [3.8, 4) is 0 Å². The summed E-state index contributed by atoms with van der Waals surface area (Å²) in [6.45, 7) is 4.71. The van der Waals surface area contributed by atoms with Crippen molar-refractivity contribution in [3.05, 3.63) is 83.6 Å². The van der Waals surface area contributed by atoms with Gasteiger partial charge in [-0.1, -0.05) is 74.5 Å². The van der Waals surface area contributed by atoms with Crippen LogP contribution in [-0.4, -0.2) is 4.57 Å². The fourth-order valence-corrected chi connectivity index (χ4v) is 5.30. The van der Waals surface area contributed by atoms with E-state index >= 15 is 0 Å². The molecule has 1 heteroatoms. The second-order valence-corrected chi connectivity index (χ2v) is 8.48. The van der Waals surface area contributed by atoms with E-state index in [1.54, 1.807) is 5.56 Å². The van der Waals surface area contributed by atoms with Gasteiger partial charge in [-0.2, -0.15) is 0 Å². The second kappa shape index (κ2) is 5.61. The van der Waals surface area contributed by atoms with Crippen molar-refractivity contribution < 1.29 is 0 Å². The first-order chi connectivity index (χ1) is 12.6. The van der Waals surface area contributed by atoms with Gasteiger partial charge < -0.3 is 4.57 Å². The maximum atomic E-state index is 2.56. The van der Waals surface area contributed by atoms with Crippen molar-refractivity contribution in [2.75, 3.05) is 0 Å². The van der Waals surface area contributed by atoms with Crippen LogP contribution in [0.25, 0.3) is 10.9 Å². The summed E-state index contributed by atoms with van der Waals surface area (Å²) in [6.07, 6.45) is 7.73. The van der Waals surface area contributed by atoms with E-state index in [9.17, 15) is 0 Å². The van der Waals surface area contributed by atoms with E-state index in [1.807, 2.05) is 0 Å². The molecule has 5 rings (SSSR count). The number of allylic oxidation sites excluding steroid dienone is 2. The summed E-state index contributed by atoms with van der Waals surface area (Å²) in [5.41, 5.74) is 5.95. The number of benzene rings is 2. The Balaban J connectivity index is 1.90. The average Bonchev–Trinajstić information content (AvgIpc) is 3.48. The summed E-state index contributed by atoms with van der Waals surface area (Å²) >= 11 is 0. The predicted octanol–water partition coefficient (Wildman–Crippen LogP) is 6.18. The molecule has 2 atom stereocenters. The Hall–Kier alpha value is -2.28. The lowest BCUT2D eigenvalue weighted by molar-refractivity contribution is 0.475. The van der Waals surface area contributed by atoms with Crippen LogP contribution in [0, 0.1) is 11.8 Å². The van der Waals surface area contributed by atoms with E-state index < -0.39 is 0 Å². The fourth-order valence-electron chi connectivity index (χ4n) is 5.30. The van der Waals surface area contributed by atoms with Gasteiger partial charge in [-0.15, -0.1) is 0 Å². The lowest BCUT2D eigenvalue weighted by Crippen LogP contribution is -2.35. The molecule has 26 heavy (non-hydrogen) atoms. The van der Waals surface area contributed by atoms with Crippen LogP contribution in [0.2, 0.25) is 0 Å². The van der Waals surface area contributed by atoms with Crippen molar-refractivity contribution >= 4 is 10.9 Å². The smallest absolute Gasteiger partial charge is 0.0566 e. The summed E-state index contributed by atoms with van der Waals surface area (Å²) < 4.78 is 2.49. The molecule has 1 nitrogen and oxygen atoms in total. The number of aryl methyl sites for hydroxylation is 1. The fraction of sp³-hybridized carbons (Fsp3) is 0.360. The van der Waals surface area contributed by atoms with Crippen molar-refractivity contribution in [1.82, 2.24) is 4.57 Å². The number of aromatic nitrogens is 1. The molecule has 0 amide bonds. The maximum absolute atomic E-state index is 2.56. The minimum Gasteiger partial charge on any atom is -0.346 e. The van der Waals surface area contributed by atoms with Crippen LogP contribution >= 0.6 is 0 Å². The van der Waals surface area contributed by atoms with Gasteiger partial charge in [-0.25, -0.2) is 0 Å². The van der Waals surface area contributed by atoms with Gasteiger partial charge in [-0.3, -0.25) is 0 Å². The molecular formula is C25H27N. The molecule has 1 aromatic heterocycles. The molecule has 0 aliphatic heterocycles. The topological polar surface area (TPSA) is 4.93 Å². The van der Waals surface area contributed by atoms with Crippen molar-refractivity contribution in [2.45, 2.75) is 38.0 Å².